The van der Waals surface area contributed by atoms with E-state index in [4.69, 9.17) is 4.99 Å². The third-order valence-electron chi connectivity index (χ3n) is 5.27. The third kappa shape index (κ3) is 4.92. The maximum atomic E-state index is 4.84. The van der Waals surface area contributed by atoms with Crippen molar-refractivity contribution in [1.82, 2.24) is 4.98 Å². The number of thiazole rings is 1. The van der Waals surface area contributed by atoms with Gasteiger partial charge in [-0.15, -0.1) is 0 Å². The Morgan fingerprint density at radius 3 is 2.68 bits per heavy atom. The number of nitrogens with zero attached hydrogens (tertiary/aromatic N) is 2. The summed E-state index contributed by atoms with van der Waals surface area (Å²) in [7, 11) is 0. The zero-order valence-electron chi connectivity index (χ0n) is 17.3. The van der Waals surface area contributed by atoms with E-state index in [1.54, 1.807) is 23.1 Å². The molecule has 6 heteroatoms. The van der Waals surface area contributed by atoms with Gasteiger partial charge in [0.25, 0.3) is 0 Å². The van der Waals surface area contributed by atoms with Crippen LogP contribution in [0.15, 0.2) is 77.8 Å². The number of rotatable bonds is 6. The highest BCUT2D eigenvalue weighted by Gasteiger charge is 2.19. The number of thioether (sulfide) groups is 1. The molecular formula is C25H24N4S2. The molecule has 0 saturated heterocycles. The van der Waals surface area contributed by atoms with Crippen LogP contribution in [0, 0.1) is 6.92 Å². The second-order valence-electron chi connectivity index (χ2n) is 7.66. The average Bonchev–Trinajstić information content (AvgIpc) is 3.42. The van der Waals surface area contributed by atoms with Crippen molar-refractivity contribution in [1.29, 1.82) is 0 Å². The lowest BCUT2D eigenvalue weighted by molar-refractivity contribution is 0.849. The lowest BCUT2D eigenvalue weighted by atomic mass is 10.1. The molecule has 0 saturated carbocycles. The van der Waals surface area contributed by atoms with Gasteiger partial charge in [0.1, 0.15) is 0 Å². The number of aromatic nitrogens is 1. The van der Waals surface area contributed by atoms with E-state index < -0.39 is 0 Å². The second-order valence-corrected chi connectivity index (χ2v) is 9.70. The first-order valence-corrected chi connectivity index (χ1v) is 12.3. The van der Waals surface area contributed by atoms with Gasteiger partial charge in [-0.2, -0.15) is 0 Å². The van der Waals surface area contributed by atoms with E-state index in [1.807, 2.05) is 6.07 Å². The van der Waals surface area contributed by atoms with Crippen LogP contribution in [0.3, 0.4) is 0 Å². The molecule has 3 aromatic carbocycles. The van der Waals surface area contributed by atoms with E-state index in [9.17, 15) is 0 Å². The number of aryl methyl sites for hydroxylation is 1. The smallest absolute Gasteiger partial charge is 0.183 e. The van der Waals surface area contributed by atoms with Crippen molar-refractivity contribution in [2.45, 2.75) is 19.4 Å². The molecule has 4 aromatic rings. The van der Waals surface area contributed by atoms with Gasteiger partial charge in [0, 0.05) is 18.0 Å². The van der Waals surface area contributed by atoms with Gasteiger partial charge in [-0.1, -0.05) is 71.6 Å². The molecule has 0 radical (unpaired) electrons. The van der Waals surface area contributed by atoms with Crippen molar-refractivity contribution >= 4 is 49.3 Å². The second kappa shape index (κ2) is 9.12. The Bertz CT molecular complexity index is 1200. The largest absolute Gasteiger partial charge is 0.361 e. The number of fused-ring (bicyclic) bond motifs is 1. The molecule has 4 nitrogen and oxygen atoms in total. The molecule has 0 amide bonds. The molecular weight excluding hydrogens is 420 g/mol. The maximum absolute atomic E-state index is 4.84. The van der Waals surface area contributed by atoms with Gasteiger partial charge < -0.3 is 10.6 Å². The molecule has 5 rings (SSSR count). The van der Waals surface area contributed by atoms with Crippen LogP contribution < -0.4 is 10.6 Å². The van der Waals surface area contributed by atoms with Crippen molar-refractivity contribution in [3.8, 4) is 0 Å². The molecule has 1 aliphatic rings. The molecule has 0 bridgehead atoms. The highest BCUT2D eigenvalue weighted by molar-refractivity contribution is 8.14. The van der Waals surface area contributed by atoms with Gasteiger partial charge in [0.05, 0.1) is 16.3 Å². The Hall–Kier alpha value is -2.83. The quantitative estimate of drug-likeness (QED) is 0.356. The van der Waals surface area contributed by atoms with Crippen molar-refractivity contribution in [2.24, 2.45) is 4.99 Å². The van der Waals surface area contributed by atoms with Gasteiger partial charge in [-0.3, -0.25) is 4.99 Å². The molecule has 1 atom stereocenters. The molecule has 0 aliphatic carbocycles. The third-order valence-corrected chi connectivity index (χ3v) is 7.21. The number of hydrogen-bond acceptors (Lipinski definition) is 6. The molecule has 156 valence electrons. The van der Waals surface area contributed by atoms with Crippen LogP contribution in [-0.4, -0.2) is 22.4 Å². The number of hydrogen-bond donors (Lipinski definition) is 2. The van der Waals surface area contributed by atoms with E-state index in [0.29, 0.717) is 0 Å². The molecule has 2 heterocycles. The Morgan fingerprint density at radius 1 is 1.00 bits per heavy atom. The monoisotopic (exact) mass is 444 g/mol. The Morgan fingerprint density at radius 2 is 1.84 bits per heavy atom. The first kappa shape index (κ1) is 20.1. The topological polar surface area (TPSA) is 49.3 Å². The highest BCUT2D eigenvalue weighted by Crippen LogP contribution is 2.31. The van der Waals surface area contributed by atoms with E-state index in [2.05, 4.69) is 89.3 Å². The number of aliphatic imine (C=N–C) groups is 1. The van der Waals surface area contributed by atoms with Crippen molar-refractivity contribution in [2.75, 3.05) is 22.9 Å². The molecule has 31 heavy (non-hydrogen) atoms. The minimum Gasteiger partial charge on any atom is -0.361 e. The van der Waals surface area contributed by atoms with Crippen LogP contribution in [0.2, 0.25) is 0 Å². The predicted molar refractivity (Wildman–Crippen MR) is 136 cm³/mol. The van der Waals surface area contributed by atoms with Gasteiger partial charge >= 0.3 is 0 Å². The lowest BCUT2D eigenvalue weighted by Crippen LogP contribution is -2.06. The van der Waals surface area contributed by atoms with Crippen molar-refractivity contribution in [3.63, 3.8) is 0 Å². The summed E-state index contributed by atoms with van der Waals surface area (Å²) in [6, 6.07) is 25.8. The molecule has 2 N–H and O–H groups in total. The molecule has 1 aliphatic heterocycles. The van der Waals surface area contributed by atoms with Gasteiger partial charge in [-0.05, 0) is 54.3 Å². The minimum absolute atomic E-state index is 0.241. The summed E-state index contributed by atoms with van der Waals surface area (Å²) in [6.07, 6.45) is 0.959. The van der Waals surface area contributed by atoms with Gasteiger partial charge in [0.15, 0.2) is 10.3 Å². The van der Waals surface area contributed by atoms with Crippen LogP contribution in [-0.2, 0) is 6.42 Å². The standard InChI is InChI=1S/C25H24N4S2/c1-17-7-12-21-23(15-17)31-24(28-21)26-14-13-18-8-10-20(11-9-18)27-25-29-22(16-30-25)19-5-3-2-4-6-19/h2-12,15,22H,13-14,16H2,1H3,(H,26,28)(H,27,29)/t22-/m1/s1. The molecule has 0 unspecified atom stereocenters. The molecule has 1 aromatic heterocycles. The summed E-state index contributed by atoms with van der Waals surface area (Å²) < 4.78 is 1.24. The summed E-state index contributed by atoms with van der Waals surface area (Å²) in [5.74, 6) is 0.988. The number of benzene rings is 3. The zero-order valence-corrected chi connectivity index (χ0v) is 19.0. The van der Waals surface area contributed by atoms with Crippen LogP contribution in [0.25, 0.3) is 10.2 Å². The van der Waals surface area contributed by atoms with Gasteiger partial charge in [0.2, 0.25) is 0 Å². The Kier molecular flexibility index (Phi) is 5.91. The first-order valence-electron chi connectivity index (χ1n) is 10.5. The van der Waals surface area contributed by atoms with Crippen LogP contribution >= 0.6 is 23.1 Å². The Balaban J connectivity index is 1.14. The number of amidine groups is 1. The summed E-state index contributed by atoms with van der Waals surface area (Å²) in [4.78, 5) is 9.50. The van der Waals surface area contributed by atoms with Crippen molar-refractivity contribution in [3.05, 3.63) is 89.5 Å². The summed E-state index contributed by atoms with van der Waals surface area (Å²) in [5.41, 5.74) is 6.00. The molecule has 0 fully saturated rings. The summed E-state index contributed by atoms with van der Waals surface area (Å²) >= 11 is 3.50. The molecule has 0 spiro atoms. The average molecular weight is 445 g/mol. The highest BCUT2D eigenvalue weighted by atomic mass is 32.2. The maximum Gasteiger partial charge on any atom is 0.183 e. The minimum atomic E-state index is 0.241. The zero-order chi connectivity index (χ0) is 21.0. The Labute approximate surface area is 190 Å². The lowest BCUT2D eigenvalue weighted by Gasteiger charge is -2.07. The predicted octanol–water partition coefficient (Wildman–Crippen LogP) is 6.52. The summed E-state index contributed by atoms with van der Waals surface area (Å²) in [6.45, 7) is 2.98. The van der Waals surface area contributed by atoms with Crippen molar-refractivity contribution < 1.29 is 0 Å². The van der Waals surface area contributed by atoms with E-state index in [1.165, 1.54) is 21.4 Å². The van der Waals surface area contributed by atoms with E-state index in [-0.39, 0.29) is 6.04 Å². The van der Waals surface area contributed by atoms with Gasteiger partial charge in [-0.25, -0.2) is 4.98 Å². The normalized spacial score (nSPS) is 15.8. The number of anilines is 2. The fourth-order valence-electron chi connectivity index (χ4n) is 3.59. The fourth-order valence-corrected chi connectivity index (χ4v) is 5.55. The van der Waals surface area contributed by atoms with Crippen LogP contribution in [0.1, 0.15) is 22.7 Å². The fraction of sp³-hybridized carbons (Fsp3) is 0.200. The van der Waals surface area contributed by atoms with Crippen LogP contribution in [0.5, 0.6) is 0 Å². The number of nitrogens with one attached hydrogen (secondary N) is 2. The first-order chi connectivity index (χ1) is 15.2. The van der Waals surface area contributed by atoms with E-state index in [0.717, 1.165) is 40.2 Å². The van der Waals surface area contributed by atoms with Crippen LogP contribution in [0.4, 0.5) is 10.8 Å². The summed E-state index contributed by atoms with van der Waals surface area (Å²) in [5, 5.41) is 8.91. The van der Waals surface area contributed by atoms with E-state index >= 15 is 0 Å². The SMILES string of the molecule is Cc1ccc2nc(NCCc3ccc(NC4=N[C@@H](c5ccccc5)CS4)cc3)sc2c1.